The zero-order chi connectivity index (χ0) is 22.8. The molecule has 0 aromatic heterocycles. The lowest BCUT2D eigenvalue weighted by Crippen LogP contribution is -2.52. The summed E-state index contributed by atoms with van der Waals surface area (Å²) in [6.07, 6.45) is 2.42. The van der Waals surface area contributed by atoms with Crippen molar-refractivity contribution in [2.75, 3.05) is 32.8 Å². The van der Waals surface area contributed by atoms with E-state index < -0.39 is 13.0 Å². The molecule has 11 heteroatoms. The number of hydrogen-bond acceptors (Lipinski definition) is 5. The van der Waals surface area contributed by atoms with E-state index in [1.807, 2.05) is 0 Å². The van der Waals surface area contributed by atoms with Crippen molar-refractivity contribution >= 4 is 58.1 Å². The predicted octanol–water partition coefficient (Wildman–Crippen LogP) is 3.46. The van der Waals surface area contributed by atoms with Crippen LogP contribution in [0.1, 0.15) is 43.5 Å². The first-order valence-electron chi connectivity index (χ1n) is 10.4. The first-order valence-corrected chi connectivity index (χ1v) is 12.0. The molecule has 1 saturated heterocycles. The third-order valence-electron chi connectivity index (χ3n) is 4.64. The van der Waals surface area contributed by atoms with Gasteiger partial charge < -0.3 is 25.3 Å². The number of halogens is 3. The first kappa shape index (κ1) is 26.4. The molecule has 0 unspecified atom stereocenters. The second-order valence-electron chi connectivity index (χ2n) is 7.77. The Balaban J connectivity index is 1.98. The molecule has 1 aromatic rings. The Labute approximate surface area is 202 Å². The van der Waals surface area contributed by atoms with Gasteiger partial charge in [-0.3, -0.25) is 9.59 Å². The van der Waals surface area contributed by atoms with Crippen LogP contribution in [0.25, 0.3) is 0 Å². The minimum absolute atomic E-state index is 0.122. The molecule has 0 spiro atoms. The maximum atomic E-state index is 12.6. The van der Waals surface area contributed by atoms with Gasteiger partial charge in [0.2, 0.25) is 5.91 Å². The average Bonchev–Trinajstić information content (AvgIpc) is 2.72. The topological polar surface area (TPSA) is 88.7 Å². The van der Waals surface area contributed by atoms with Crippen LogP contribution in [-0.4, -0.2) is 57.7 Å². The maximum Gasteiger partial charge on any atom is 0.480 e. The van der Waals surface area contributed by atoms with Crippen molar-refractivity contribution in [3.8, 4) is 0 Å². The average molecular weight is 537 g/mol. The van der Waals surface area contributed by atoms with Gasteiger partial charge in [-0.2, -0.15) is 0 Å². The van der Waals surface area contributed by atoms with E-state index in [4.69, 9.17) is 32.5 Å². The molecule has 172 valence electrons. The minimum Gasteiger partial charge on any atom is -0.410 e. The quantitative estimate of drug-likeness (QED) is 0.367. The smallest absolute Gasteiger partial charge is 0.410 e. The van der Waals surface area contributed by atoms with Gasteiger partial charge in [-0.15, -0.1) is 0 Å². The van der Waals surface area contributed by atoms with Crippen LogP contribution in [0.3, 0.4) is 0 Å². The molecule has 0 bridgehead atoms. The number of nitrogens with one attached hydrogen (secondary N) is 3. The van der Waals surface area contributed by atoms with Crippen LogP contribution in [0, 0.1) is 5.92 Å². The number of carbonyl (C=O) groups is 2. The number of hydrogen-bond donors (Lipinski definition) is 3. The van der Waals surface area contributed by atoms with E-state index in [9.17, 15) is 9.59 Å². The Morgan fingerprint density at radius 2 is 1.84 bits per heavy atom. The van der Waals surface area contributed by atoms with E-state index in [0.29, 0.717) is 30.0 Å². The van der Waals surface area contributed by atoms with E-state index in [2.05, 4.69) is 45.7 Å². The Bertz CT molecular complexity index is 747. The molecule has 0 saturated carbocycles. The molecular formula is C20H29BBrCl2N3O4. The van der Waals surface area contributed by atoms with Crippen molar-refractivity contribution in [1.29, 1.82) is 0 Å². The van der Waals surface area contributed by atoms with Gasteiger partial charge in [0.1, 0.15) is 0 Å². The van der Waals surface area contributed by atoms with E-state index in [0.717, 1.165) is 25.9 Å². The van der Waals surface area contributed by atoms with Crippen molar-refractivity contribution in [3.63, 3.8) is 0 Å². The molecular weight excluding hydrogens is 508 g/mol. The SMILES string of the molecule is CC(C)C[C@H](NC(=O)CNC(=O)c1c(Cl)ccc(Br)c1Cl)B1OCCCNCCCO1. The highest BCUT2D eigenvalue weighted by molar-refractivity contribution is 9.10. The fourth-order valence-electron chi connectivity index (χ4n) is 3.19. The van der Waals surface area contributed by atoms with Gasteiger partial charge in [-0.05, 0) is 66.3 Å². The molecule has 1 fully saturated rings. The van der Waals surface area contributed by atoms with Gasteiger partial charge in [-0.1, -0.05) is 37.0 Å². The number of amides is 2. The van der Waals surface area contributed by atoms with Gasteiger partial charge in [-0.25, -0.2) is 0 Å². The summed E-state index contributed by atoms with van der Waals surface area (Å²) in [7, 11) is -0.533. The van der Waals surface area contributed by atoms with Gasteiger partial charge in [0.25, 0.3) is 5.91 Å². The van der Waals surface area contributed by atoms with Crippen molar-refractivity contribution < 1.29 is 18.9 Å². The fraction of sp³-hybridized carbons (Fsp3) is 0.600. The molecule has 31 heavy (non-hydrogen) atoms. The summed E-state index contributed by atoms with van der Waals surface area (Å²) in [5.41, 5.74) is 0.122. The largest absolute Gasteiger partial charge is 0.480 e. The summed E-state index contributed by atoms with van der Waals surface area (Å²) < 4.78 is 12.4. The van der Waals surface area contributed by atoms with Crippen molar-refractivity contribution in [1.82, 2.24) is 16.0 Å². The highest BCUT2D eigenvalue weighted by Gasteiger charge is 2.32. The zero-order valence-electron chi connectivity index (χ0n) is 17.8. The van der Waals surface area contributed by atoms with E-state index in [1.165, 1.54) is 0 Å². The predicted molar refractivity (Wildman–Crippen MR) is 128 cm³/mol. The number of carbonyl (C=O) groups excluding carboxylic acids is 2. The third kappa shape index (κ3) is 8.90. The first-order chi connectivity index (χ1) is 14.8. The normalized spacial score (nSPS) is 16.6. The lowest BCUT2D eigenvalue weighted by atomic mass is 9.73. The molecule has 1 atom stereocenters. The Hall–Kier alpha value is -0.835. The van der Waals surface area contributed by atoms with Crippen LogP contribution in [0.4, 0.5) is 0 Å². The highest BCUT2D eigenvalue weighted by atomic mass is 79.9. The Morgan fingerprint density at radius 1 is 1.19 bits per heavy atom. The molecule has 1 heterocycles. The van der Waals surface area contributed by atoms with Crippen LogP contribution in [-0.2, 0) is 14.1 Å². The van der Waals surface area contributed by atoms with Crippen molar-refractivity contribution in [2.24, 2.45) is 5.92 Å². The summed E-state index contributed by atoms with van der Waals surface area (Å²) in [6, 6.07) is 3.22. The molecule has 2 amide bonds. The summed E-state index contributed by atoms with van der Waals surface area (Å²) in [5, 5.41) is 9.26. The van der Waals surface area contributed by atoms with Gasteiger partial charge in [0.15, 0.2) is 0 Å². The standard InChI is InChI=1S/C20H29BBrCl2N3O4/c1-13(2)11-16(21-30-9-3-7-25-8-4-10-31-21)27-17(28)12-26-20(29)18-15(23)6-5-14(22)19(18)24/h5-6,13,16,25H,3-4,7-12H2,1-2H3,(H,26,29)(H,27,28)/t16-/m0/s1. The van der Waals surface area contributed by atoms with Crippen molar-refractivity contribution in [3.05, 3.63) is 32.2 Å². The van der Waals surface area contributed by atoms with Gasteiger partial charge in [0, 0.05) is 17.7 Å². The molecule has 0 radical (unpaired) electrons. The molecule has 2 rings (SSSR count). The summed E-state index contributed by atoms with van der Waals surface area (Å²) >= 11 is 15.5. The summed E-state index contributed by atoms with van der Waals surface area (Å²) in [5.74, 6) is -0.865. The van der Waals surface area contributed by atoms with E-state index in [1.54, 1.807) is 12.1 Å². The lowest BCUT2D eigenvalue weighted by Gasteiger charge is -2.27. The number of rotatable bonds is 7. The van der Waals surface area contributed by atoms with Crippen LogP contribution < -0.4 is 16.0 Å². The highest BCUT2D eigenvalue weighted by Crippen LogP contribution is 2.31. The fourth-order valence-corrected chi connectivity index (χ4v) is 4.06. The zero-order valence-corrected chi connectivity index (χ0v) is 20.9. The molecule has 0 aliphatic carbocycles. The molecule has 1 aliphatic heterocycles. The number of benzene rings is 1. The minimum atomic E-state index is -0.533. The Kier molecular flexibility index (Phi) is 11.6. The van der Waals surface area contributed by atoms with Gasteiger partial charge >= 0.3 is 7.12 Å². The molecule has 1 aliphatic rings. The second-order valence-corrected chi connectivity index (χ2v) is 9.41. The molecule has 7 nitrogen and oxygen atoms in total. The van der Waals surface area contributed by atoms with E-state index in [-0.39, 0.29) is 34.0 Å². The summed E-state index contributed by atoms with van der Waals surface area (Å²) in [4.78, 5) is 25.1. The van der Waals surface area contributed by atoms with Crippen LogP contribution in [0.5, 0.6) is 0 Å². The van der Waals surface area contributed by atoms with Crippen LogP contribution in [0.15, 0.2) is 16.6 Å². The van der Waals surface area contributed by atoms with Crippen molar-refractivity contribution in [2.45, 2.75) is 39.1 Å². The van der Waals surface area contributed by atoms with Crippen LogP contribution >= 0.6 is 39.1 Å². The molecule has 3 N–H and O–H groups in total. The molecule has 1 aromatic carbocycles. The van der Waals surface area contributed by atoms with Gasteiger partial charge in [0.05, 0.1) is 28.1 Å². The maximum absolute atomic E-state index is 12.6. The van der Waals surface area contributed by atoms with Crippen LogP contribution in [0.2, 0.25) is 10.0 Å². The third-order valence-corrected chi connectivity index (χ3v) is 6.24. The van der Waals surface area contributed by atoms with E-state index >= 15 is 0 Å². The monoisotopic (exact) mass is 535 g/mol. The summed E-state index contributed by atoms with van der Waals surface area (Å²) in [6.45, 7) is 6.78. The Morgan fingerprint density at radius 3 is 2.45 bits per heavy atom. The second kappa shape index (κ2) is 13.7. The lowest BCUT2D eigenvalue weighted by molar-refractivity contribution is -0.120.